The number of furan rings is 1. The van der Waals surface area contributed by atoms with Crippen LogP contribution in [0.4, 0.5) is 28.4 Å². The van der Waals surface area contributed by atoms with Gasteiger partial charge in [-0.05, 0) is 116 Å². The maximum absolute atomic E-state index is 6.66. The highest BCUT2D eigenvalue weighted by molar-refractivity contribution is 6.93. The van der Waals surface area contributed by atoms with Crippen molar-refractivity contribution in [1.82, 2.24) is 0 Å². The Morgan fingerprint density at radius 3 is 2.11 bits per heavy atom. The van der Waals surface area contributed by atoms with E-state index < -0.39 is 0 Å². The molecular formula is C51H49BN2O. The van der Waals surface area contributed by atoms with Gasteiger partial charge in [-0.1, -0.05) is 129 Å². The molecule has 3 nitrogen and oxygen atoms in total. The molecule has 4 heterocycles. The third kappa shape index (κ3) is 4.34. The summed E-state index contributed by atoms with van der Waals surface area (Å²) in [6.45, 7) is 21.6. The van der Waals surface area contributed by atoms with Crippen molar-refractivity contribution in [1.29, 1.82) is 0 Å². The highest BCUT2D eigenvalue weighted by Crippen LogP contribution is 2.56. The molecule has 0 atom stereocenters. The molecule has 3 aliphatic heterocycles. The first-order chi connectivity index (χ1) is 26.1. The van der Waals surface area contributed by atoms with Gasteiger partial charge in [0.1, 0.15) is 11.2 Å². The minimum absolute atomic E-state index is 0.0350. The SMILES string of the molecule is CC(C)(C)c1cc2c3c(c1)N1c4ccccc4C(C)(C)c4cccc(c41)B3N(c1ccc3c(c1)C(C)(C)CCC3(C)C)c1cc3c(cc1-2)oc1ccccc13. The molecule has 0 amide bonds. The van der Waals surface area contributed by atoms with Crippen LogP contribution in [0.3, 0.4) is 0 Å². The molecule has 0 N–H and O–H groups in total. The van der Waals surface area contributed by atoms with Crippen molar-refractivity contribution in [2.45, 2.75) is 96.8 Å². The molecule has 1 aliphatic carbocycles. The number of benzene rings is 6. The molecule has 0 bridgehead atoms. The fourth-order valence-corrected chi connectivity index (χ4v) is 10.8. The van der Waals surface area contributed by atoms with E-state index in [0.717, 1.165) is 21.9 Å². The lowest BCUT2D eigenvalue weighted by Gasteiger charge is -2.51. The fraction of sp³-hybridized carbons (Fsp3) is 0.294. The lowest BCUT2D eigenvalue weighted by Crippen LogP contribution is -2.62. The molecule has 0 radical (unpaired) electrons. The number of para-hydroxylation sites is 3. The van der Waals surface area contributed by atoms with Crippen molar-refractivity contribution in [2.24, 2.45) is 0 Å². The minimum Gasteiger partial charge on any atom is -0.456 e. The quantitative estimate of drug-likeness (QED) is 0.158. The molecule has 1 aromatic heterocycles. The first kappa shape index (κ1) is 33.2. The molecule has 0 saturated heterocycles. The predicted molar refractivity (Wildman–Crippen MR) is 234 cm³/mol. The summed E-state index contributed by atoms with van der Waals surface area (Å²) in [6.07, 6.45) is 2.37. The zero-order chi connectivity index (χ0) is 38.0. The second-order valence-electron chi connectivity index (χ2n) is 19.7. The van der Waals surface area contributed by atoms with Crippen LogP contribution >= 0.6 is 0 Å². The summed E-state index contributed by atoms with van der Waals surface area (Å²) in [6, 6.07) is 42.0. The zero-order valence-electron chi connectivity index (χ0n) is 33.7. The number of anilines is 5. The Labute approximate surface area is 326 Å². The Bertz CT molecular complexity index is 2810. The zero-order valence-corrected chi connectivity index (χ0v) is 33.7. The van der Waals surface area contributed by atoms with Crippen molar-refractivity contribution in [3.63, 3.8) is 0 Å². The second kappa shape index (κ2) is 10.5. The van der Waals surface area contributed by atoms with Crippen molar-refractivity contribution in [3.05, 3.63) is 137 Å². The van der Waals surface area contributed by atoms with E-state index in [4.69, 9.17) is 4.42 Å². The van der Waals surface area contributed by atoms with Gasteiger partial charge in [0.15, 0.2) is 0 Å². The third-order valence-corrected chi connectivity index (χ3v) is 14.0. The largest absolute Gasteiger partial charge is 0.456 e. The van der Waals surface area contributed by atoms with Crippen LogP contribution in [-0.2, 0) is 21.7 Å². The van der Waals surface area contributed by atoms with Crippen LogP contribution in [0.2, 0.25) is 0 Å². The first-order valence-electron chi connectivity index (χ1n) is 20.3. The van der Waals surface area contributed by atoms with Gasteiger partial charge in [0, 0.05) is 44.5 Å². The average Bonchev–Trinajstić information content (AvgIpc) is 3.52. The molecule has 0 spiro atoms. The Morgan fingerprint density at radius 1 is 0.582 bits per heavy atom. The second-order valence-corrected chi connectivity index (χ2v) is 19.7. The Hall–Kier alpha value is -5.22. The predicted octanol–water partition coefficient (Wildman–Crippen LogP) is 12.6. The van der Waals surface area contributed by atoms with E-state index in [-0.39, 0.29) is 28.5 Å². The molecular weight excluding hydrogens is 667 g/mol. The van der Waals surface area contributed by atoms with Crippen LogP contribution in [0.25, 0.3) is 33.1 Å². The van der Waals surface area contributed by atoms with Crippen molar-refractivity contribution < 1.29 is 4.42 Å². The van der Waals surface area contributed by atoms with Crippen LogP contribution in [0.1, 0.15) is 103 Å². The summed E-state index contributed by atoms with van der Waals surface area (Å²) in [5, 5.41) is 2.32. The van der Waals surface area contributed by atoms with E-state index in [1.54, 1.807) is 0 Å². The first-order valence-corrected chi connectivity index (χ1v) is 20.3. The molecule has 0 fully saturated rings. The highest BCUT2D eigenvalue weighted by Gasteiger charge is 2.50. The van der Waals surface area contributed by atoms with Gasteiger partial charge in [-0.15, -0.1) is 0 Å². The summed E-state index contributed by atoms with van der Waals surface area (Å²) < 4.78 is 6.66. The summed E-state index contributed by atoms with van der Waals surface area (Å²) in [5.41, 5.74) is 20.6. The maximum atomic E-state index is 6.66. The van der Waals surface area contributed by atoms with Crippen molar-refractivity contribution >= 4 is 68.1 Å². The number of hydrogen-bond donors (Lipinski definition) is 0. The van der Waals surface area contributed by atoms with E-state index in [1.165, 1.54) is 91.1 Å². The molecule has 4 aliphatic rings. The molecule has 55 heavy (non-hydrogen) atoms. The Balaban J connectivity index is 1.30. The van der Waals surface area contributed by atoms with E-state index >= 15 is 0 Å². The van der Waals surface area contributed by atoms with Gasteiger partial charge in [-0.25, -0.2) is 0 Å². The molecule has 4 heteroatoms. The lowest BCUT2D eigenvalue weighted by atomic mass is 9.42. The number of rotatable bonds is 1. The highest BCUT2D eigenvalue weighted by atomic mass is 16.3. The van der Waals surface area contributed by atoms with Gasteiger partial charge >= 0.3 is 6.85 Å². The van der Waals surface area contributed by atoms with E-state index in [9.17, 15) is 0 Å². The Morgan fingerprint density at radius 2 is 1.31 bits per heavy atom. The van der Waals surface area contributed by atoms with E-state index in [0.29, 0.717) is 0 Å². The van der Waals surface area contributed by atoms with Gasteiger partial charge < -0.3 is 14.1 Å². The smallest absolute Gasteiger partial charge is 0.333 e. The van der Waals surface area contributed by atoms with Crippen LogP contribution < -0.4 is 20.6 Å². The third-order valence-electron chi connectivity index (χ3n) is 14.0. The monoisotopic (exact) mass is 716 g/mol. The molecule has 11 rings (SSSR count). The summed E-state index contributed by atoms with van der Waals surface area (Å²) >= 11 is 0. The van der Waals surface area contributed by atoms with Gasteiger partial charge in [0.2, 0.25) is 0 Å². The van der Waals surface area contributed by atoms with Crippen LogP contribution in [0.5, 0.6) is 0 Å². The van der Waals surface area contributed by atoms with Gasteiger partial charge in [-0.2, -0.15) is 0 Å². The number of hydrogen-bond acceptors (Lipinski definition) is 3. The van der Waals surface area contributed by atoms with Gasteiger partial charge in [0.05, 0.1) is 5.69 Å². The summed E-state index contributed by atoms with van der Waals surface area (Å²) in [4.78, 5) is 5.33. The van der Waals surface area contributed by atoms with Gasteiger partial charge in [-0.3, -0.25) is 0 Å². The van der Waals surface area contributed by atoms with E-state index in [1.807, 2.05) is 0 Å². The van der Waals surface area contributed by atoms with Gasteiger partial charge in [0.25, 0.3) is 0 Å². The lowest BCUT2D eigenvalue weighted by molar-refractivity contribution is 0.332. The molecule has 0 saturated carbocycles. The average molecular weight is 717 g/mol. The fourth-order valence-electron chi connectivity index (χ4n) is 10.8. The van der Waals surface area contributed by atoms with Crippen LogP contribution in [-0.4, -0.2) is 6.85 Å². The van der Waals surface area contributed by atoms with Crippen LogP contribution in [0.15, 0.2) is 114 Å². The molecule has 7 aromatic rings. The van der Waals surface area contributed by atoms with E-state index in [2.05, 4.69) is 181 Å². The summed E-state index contributed by atoms with van der Waals surface area (Å²) in [7, 11) is 0. The summed E-state index contributed by atoms with van der Waals surface area (Å²) in [5.74, 6) is 0. The number of fused-ring (bicyclic) bond motifs is 10. The minimum atomic E-state index is -0.166. The Kier molecular flexibility index (Phi) is 6.36. The van der Waals surface area contributed by atoms with Crippen molar-refractivity contribution in [3.8, 4) is 11.1 Å². The maximum Gasteiger partial charge on any atom is 0.333 e. The van der Waals surface area contributed by atoms with Crippen molar-refractivity contribution in [2.75, 3.05) is 9.71 Å². The van der Waals surface area contributed by atoms with Crippen LogP contribution in [0, 0.1) is 0 Å². The molecule has 272 valence electrons. The standard InChI is InChI=1S/C51H49BN2O/c1-48(2,3)30-25-35-33-29-45-34(32-15-10-13-20-44(32)55-45)28-42(33)54(31-21-22-36-39(27-31)50(6,7)24-23-49(36,4)5)52-40-18-14-17-38-47(40)53(43(26-30)46(35)52)41-19-12-11-16-37(41)51(38,8)9/h10-22,25-29H,23-24H2,1-9H3. The topological polar surface area (TPSA) is 19.6 Å². The molecule has 0 unspecified atom stereocenters. The number of nitrogens with zero attached hydrogens (tertiary/aromatic N) is 2. The normalized spacial score (nSPS) is 18.1. The molecule has 6 aromatic carbocycles.